The number of carbonyl (C=O) groups is 1. The molecule has 2 aliphatic heterocycles. The number of hydrogen-bond donors (Lipinski definition) is 3. The van der Waals surface area contributed by atoms with Crippen LogP contribution in [0.25, 0.3) is 0 Å². The second-order valence-corrected chi connectivity index (χ2v) is 8.05. The molecular formula is C17H24N4O3S. The van der Waals surface area contributed by atoms with Crippen molar-refractivity contribution >= 4 is 21.8 Å². The summed E-state index contributed by atoms with van der Waals surface area (Å²) in [7, 11) is -3.46. The summed E-state index contributed by atoms with van der Waals surface area (Å²) >= 11 is 0. The smallest absolute Gasteiger partial charge is 0.263 e. The first-order chi connectivity index (χ1) is 12.1. The van der Waals surface area contributed by atoms with Gasteiger partial charge in [-0.25, -0.2) is 8.42 Å². The molecule has 1 aromatic carbocycles. The minimum absolute atomic E-state index is 0.109. The lowest BCUT2D eigenvalue weighted by Gasteiger charge is -2.10. The summed E-state index contributed by atoms with van der Waals surface area (Å²) in [6.45, 7) is 2.37. The van der Waals surface area contributed by atoms with Crippen molar-refractivity contribution in [1.29, 1.82) is 0 Å². The van der Waals surface area contributed by atoms with Crippen LogP contribution >= 0.6 is 0 Å². The van der Waals surface area contributed by atoms with Crippen LogP contribution in [-0.2, 0) is 14.8 Å². The quantitative estimate of drug-likeness (QED) is 0.622. The van der Waals surface area contributed by atoms with Crippen molar-refractivity contribution in [2.45, 2.75) is 43.0 Å². The molecule has 2 heterocycles. The van der Waals surface area contributed by atoms with Crippen molar-refractivity contribution in [3.05, 3.63) is 29.8 Å². The van der Waals surface area contributed by atoms with Gasteiger partial charge in [0.05, 0.1) is 4.90 Å². The van der Waals surface area contributed by atoms with E-state index in [2.05, 4.69) is 20.3 Å². The maximum absolute atomic E-state index is 12.0. The minimum atomic E-state index is -3.46. The molecule has 136 valence electrons. The summed E-state index contributed by atoms with van der Waals surface area (Å²) in [6, 6.07) is 7.12. The van der Waals surface area contributed by atoms with Crippen molar-refractivity contribution in [2.24, 2.45) is 4.99 Å². The SMILES string of the molecule is O=C(CCCCCN=C1NS(=O)(=O)c2ccccc21)NC1CCNC1. The lowest BCUT2D eigenvalue weighted by Crippen LogP contribution is -2.35. The highest BCUT2D eigenvalue weighted by atomic mass is 32.2. The third-order valence-electron chi connectivity index (χ3n) is 4.42. The Bertz CT molecular complexity index is 755. The highest BCUT2D eigenvalue weighted by Crippen LogP contribution is 2.22. The molecule has 1 fully saturated rings. The first-order valence-corrected chi connectivity index (χ1v) is 10.2. The van der Waals surface area contributed by atoms with E-state index < -0.39 is 10.0 Å². The molecule has 1 aromatic rings. The number of aliphatic imine (C=N–C) groups is 1. The molecule has 3 rings (SSSR count). The zero-order valence-corrected chi connectivity index (χ0v) is 14.9. The Hall–Kier alpha value is -1.93. The Balaban J connectivity index is 1.39. The van der Waals surface area contributed by atoms with Crippen LogP contribution in [0.5, 0.6) is 0 Å². The number of sulfonamides is 1. The van der Waals surface area contributed by atoms with E-state index in [1.807, 2.05) is 0 Å². The Morgan fingerprint density at radius 2 is 2.08 bits per heavy atom. The molecule has 3 N–H and O–H groups in total. The number of fused-ring (bicyclic) bond motifs is 1. The maximum atomic E-state index is 12.0. The van der Waals surface area contributed by atoms with Gasteiger partial charge in [-0.2, -0.15) is 0 Å². The minimum Gasteiger partial charge on any atom is -0.352 e. The first-order valence-electron chi connectivity index (χ1n) is 8.73. The number of nitrogens with zero attached hydrogens (tertiary/aromatic N) is 1. The second-order valence-electron chi connectivity index (χ2n) is 6.40. The number of rotatable bonds is 7. The second kappa shape index (κ2) is 7.97. The fourth-order valence-electron chi connectivity index (χ4n) is 3.09. The van der Waals surface area contributed by atoms with Gasteiger partial charge in [-0.15, -0.1) is 0 Å². The van der Waals surface area contributed by atoms with Gasteiger partial charge in [0.1, 0.15) is 5.84 Å². The van der Waals surface area contributed by atoms with Gasteiger partial charge >= 0.3 is 0 Å². The van der Waals surface area contributed by atoms with E-state index in [0.29, 0.717) is 24.4 Å². The van der Waals surface area contributed by atoms with E-state index in [4.69, 9.17) is 0 Å². The Labute approximate surface area is 148 Å². The van der Waals surface area contributed by atoms with Crippen LogP contribution in [-0.4, -0.2) is 45.8 Å². The fraction of sp³-hybridized carbons (Fsp3) is 0.529. The molecule has 2 aliphatic rings. The zero-order valence-electron chi connectivity index (χ0n) is 14.1. The number of amidine groups is 1. The largest absolute Gasteiger partial charge is 0.352 e. The third kappa shape index (κ3) is 4.58. The van der Waals surface area contributed by atoms with Crippen LogP contribution < -0.4 is 15.4 Å². The van der Waals surface area contributed by atoms with E-state index in [1.54, 1.807) is 24.3 Å². The van der Waals surface area contributed by atoms with Gasteiger partial charge in [0.25, 0.3) is 10.0 Å². The summed E-state index contributed by atoms with van der Waals surface area (Å²) in [4.78, 5) is 16.5. The summed E-state index contributed by atoms with van der Waals surface area (Å²) < 4.78 is 26.4. The molecule has 0 spiro atoms. The van der Waals surface area contributed by atoms with E-state index in [9.17, 15) is 13.2 Å². The van der Waals surface area contributed by atoms with Crippen molar-refractivity contribution in [3.8, 4) is 0 Å². The molecule has 1 saturated heterocycles. The zero-order chi connectivity index (χ0) is 17.7. The number of benzene rings is 1. The van der Waals surface area contributed by atoms with Crippen molar-refractivity contribution < 1.29 is 13.2 Å². The standard InChI is InChI=1S/C17H24N4O3S/c22-16(20-13-9-11-18-12-13)8-2-1-5-10-19-17-14-6-3-4-7-15(14)25(23,24)21-17/h3-4,6-7,13,18H,1-2,5,8-12H2,(H,19,21)(H,20,22). The number of hydrogen-bond acceptors (Lipinski definition) is 5. The molecule has 0 aliphatic carbocycles. The molecule has 1 atom stereocenters. The third-order valence-corrected chi connectivity index (χ3v) is 5.82. The van der Waals surface area contributed by atoms with Crippen LogP contribution in [0.15, 0.2) is 34.2 Å². The van der Waals surface area contributed by atoms with Gasteiger partial charge in [0.15, 0.2) is 0 Å². The summed E-state index contributed by atoms with van der Waals surface area (Å²) in [5.74, 6) is 0.527. The molecule has 0 radical (unpaired) electrons. The summed E-state index contributed by atoms with van der Waals surface area (Å²) in [6.07, 6.45) is 4.06. The average Bonchev–Trinajstić information content (AvgIpc) is 3.18. The number of nitrogens with one attached hydrogen (secondary N) is 3. The van der Waals surface area contributed by atoms with Gasteiger partial charge < -0.3 is 10.6 Å². The number of unbranched alkanes of at least 4 members (excludes halogenated alkanes) is 2. The van der Waals surface area contributed by atoms with E-state index >= 15 is 0 Å². The average molecular weight is 364 g/mol. The van der Waals surface area contributed by atoms with Gasteiger partial charge in [0, 0.05) is 31.1 Å². The Morgan fingerprint density at radius 3 is 2.88 bits per heavy atom. The monoisotopic (exact) mass is 364 g/mol. The van der Waals surface area contributed by atoms with E-state index in [-0.39, 0.29) is 16.8 Å². The topological polar surface area (TPSA) is 99.7 Å². The molecular weight excluding hydrogens is 340 g/mol. The molecule has 0 saturated carbocycles. The van der Waals surface area contributed by atoms with Crippen LogP contribution in [0.1, 0.15) is 37.7 Å². The van der Waals surface area contributed by atoms with Crippen LogP contribution in [0, 0.1) is 0 Å². The molecule has 8 heteroatoms. The lowest BCUT2D eigenvalue weighted by atomic mass is 10.1. The molecule has 0 bridgehead atoms. The summed E-state index contributed by atoms with van der Waals surface area (Å²) in [5.41, 5.74) is 0.632. The summed E-state index contributed by atoms with van der Waals surface area (Å²) in [5, 5.41) is 6.25. The molecule has 0 aromatic heterocycles. The number of amides is 1. The fourth-order valence-corrected chi connectivity index (χ4v) is 4.34. The number of carbonyl (C=O) groups excluding carboxylic acids is 1. The molecule has 7 nitrogen and oxygen atoms in total. The molecule has 25 heavy (non-hydrogen) atoms. The maximum Gasteiger partial charge on any atom is 0.263 e. The van der Waals surface area contributed by atoms with E-state index in [1.165, 1.54) is 0 Å². The molecule has 1 amide bonds. The highest BCUT2D eigenvalue weighted by Gasteiger charge is 2.29. The highest BCUT2D eigenvalue weighted by molar-refractivity contribution is 7.90. The Kier molecular flexibility index (Phi) is 5.70. The van der Waals surface area contributed by atoms with E-state index in [0.717, 1.165) is 38.8 Å². The van der Waals surface area contributed by atoms with Crippen molar-refractivity contribution in [1.82, 2.24) is 15.4 Å². The lowest BCUT2D eigenvalue weighted by molar-refractivity contribution is -0.121. The normalized spacial score (nSPS) is 22.6. The van der Waals surface area contributed by atoms with Crippen molar-refractivity contribution in [3.63, 3.8) is 0 Å². The van der Waals surface area contributed by atoms with Gasteiger partial charge in [0.2, 0.25) is 5.91 Å². The van der Waals surface area contributed by atoms with Gasteiger partial charge in [-0.1, -0.05) is 18.6 Å². The molecule has 1 unspecified atom stereocenters. The first kappa shape index (κ1) is 17.9. The van der Waals surface area contributed by atoms with Crippen LogP contribution in [0.2, 0.25) is 0 Å². The predicted molar refractivity (Wildman–Crippen MR) is 96.1 cm³/mol. The van der Waals surface area contributed by atoms with Crippen LogP contribution in [0.4, 0.5) is 0 Å². The van der Waals surface area contributed by atoms with Gasteiger partial charge in [-0.3, -0.25) is 14.5 Å². The van der Waals surface area contributed by atoms with Gasteiger partial charge in [-0.05, 0) is 37.9 Å². The Morgan fingerprint density at radius 1 is 1.24 bits per heavy atom. The predicted octanol–water partition coefficient (Wildman–Crippen LogP) is 0.764. The van der Waals surface area contributed by atoms with Crippen LogP contribution in [0.3, 0.4) is 0 Å². The van der Waals surface area contributed by atoms with Crippen molar-refractivity contribution in [2.75, 3.05) is 19.6 Å².